The molecule has 0 aliphatic rings. The Balaban J connectivity index is 2.62. The summed E-state index contributed by atoms with van der Waals surface area (Å²) in [6.07, 6.45) is 1.66. The Morgan fingerprint density at radius 2 is 1.42 bits per heavy atom. The van der Waals surface area contributed by atoms with Gasteiger partial charge in [-0.2, -0.15) is 0 Å². The van der Waals surface area contributed by atoms with E-state index in [0.29, 0.717) is 11.5 Å². The highest BCUT2D eigenvalue weighted by molar-refractivity contribution is 6.12. The number of ether oxygens (including phenoxy) is 5. The monoisotopic (exact) mass is 358 g/mol. The van der Waals surface area contributed by atoms with Crippen molar-refractivity contribution in [1.29, 1.82) is 0 Å². The first-order valence-electron chi connectivity index (χ1n) is 7.83. The Kier molecular flexibility index (Phi) is 6.49. The Bertz CT molecular complexity index is 796. The molecule has 0 atom stereocenters. The van der Waals surface area contributed by atoms with Gasteiger partial charge in [0.1, 0.15) is 0 Å². The van der Waals surface area contributed by atoms with Crippen molar-refractivity contribution in [2.75, 3.05) is 35.5 Å². The van der Waals surface area contributed by atoms with Gasteiger partial charge < -0.3 is 23.7 Å². The minimum atomic E-state index is -0.368. The molecule has 2 rings (SSSR count). The fourth-order valence-corrected chi connectivity index (χ4v) is 2.55. The molecule has 138 valence electrons. The number of ketones is 1. The van der Waals surface area contributed by atoms with Crippen molar-refractivity contribution in [3.63, 3.8) is 0 Å². The van der Waals surface area contributed by atoms with E-state index >= 15 is 0 Å². The van der Waals surface area contributed by atoms with Crippen molar-refractivity contribution >= 4 is 11.9 Å². The van der Waals surface area contributed by atoms with Gasteiger partial charge in [0.15, 0.2) is 17.3 Å². The maximum absolute atomic E-state index is 13.1. The lowest BCUT2D eigenvalue weighted by Crippen LogP contribution is -2.10. The van der Waals surface area contributed by atoms with Crippen molar-refractivity contribution in [2.24, 2.45) is 0 Å². The Morgan fingerprint density at radius 3 is 1.92 bits per heavy atom. The molecule has 0 N–H and O–H groups in total. The Morgan fingerprint density at radius 1 is 0.808 bits per heavy atom. The van der Waals surface area contributed by atoms with E-state index in [1.807, 2.05) is 30.3 Å². The van der Waals surface area contributed by atoms with Gasteiger partial charge in [-0.15, -0.1) is 0 Å². The van der Waals surface area contributed by atoms with E-state index in [0.717, 1.165) is 5.56 Å². The average molecular weight is 358 g/mol. The second-order valence-corrected chi connectivity index (χ2v) is 5.18. The van der Waals surface area contributed by atoms with Crippen LogP contribution in [-0.2, 0) is 4.74 Å². The van der Waals surface area contributed by atoms with Gasteiger partial charge in [-0.1, -0.05) is 30.3 Å². The largest absolute Gasteiger partial charge is 0.493 e. The number of methoxy groups -OCH3 is 5. The molecule has 0 saturated heterocycles. The lowest BCUT2D eigenvalue weighted by molar-refractivity contribution is 0.0953. The molecule has 0 saturated carbocycles. The van der Waals surface area contributed by atoms with E-state index in [-0.39, 0.29) is 28.6 Å². The van der Waals surface area contributed by atoms with Gasteiger partial charge in [0, 0.05) is 0 Å². The van der Waals surface area contributed by atoms with Crippen molar-refractivity contribution in [3.8, 4) is 23.0 Å². The van der Waals surface area contributed by atoms with Crippen LogP contribution in [0.25, 0.3) is 6.08 Å². The van der Waals surface area contributed by atoms with E-state index in [1.54, 1.807) is 12.1 Å². The number of allylic oxidation sites excluding steroid dienone is 1. The number of carbonyl (C=O) groups excluding carboxylic acids is 1. The zero-order valence-corrected chi connectivity index (χ0v) is 15.5. The summed E-state index contributed by atoms with van der Waals surface area (Å²) < 4.78 is 26.8. The van der Waals surface area contributed by atoms with E-state index in [1.165, 1.54) is 35.5 Å². The number of hydrogen-bond acceptors (Lipinski definition) is 6. The summed E-state index contributed by atoms with van der Waals surface area (Å²) in [4.78, 5) is 13.1. The summed E-state index contributed by atoms with van der Waals surface area (Å²) in [7, 11) is 7.32. The highest BCUT2D eigenvalue weighted by atomic mass is 16.5. The molecule has 0 aromatic heterocycles. The minimum Gasteiger partial charge on any atom is -0.493 e. The Labute approximate surface area is 152 Å². The maximum atomic E-state index is 13.1. The van der Waals surface area contributed by atoms with Crippen LogP contribution >= 0.6 is 0 Å². The van der Waals surface area contributed by atoms with Gasteiger partial charge in [-0.05, 0) is 17.7 Å². The van der Waals surface area contributed by atoms with Gasteiger partial charge in [0.2, 0.25) is 17.3 Å². The summed E-state index contributed by atoms with van der Waals surface area (Å²) in [5.41, 5.74) is 1.08. The molecule has 0 aliphatic heterocycles. The first kappa shape index (κ1) is 19.2. The fourth-order valence-electron chi connectivity index (χ4n) is 2.55. The van der Waals surface area contributed by atoms with E-state index in [4.69, 9.17) is 23.7 Å². The van der Waals surface area contributed by atoms with Crippen LogP contribution in [0, 0.1) is 0 Å². The van der Waals surface area contributed by atoms with Crippen molar-refractivity contribution < 1.29 is 28.5 Å². The lowest BCUT2D eigenvalue weighted by atomic mass is 10.0. The van der Waals surface area contributed by atoms with Crippen LogP contribution in [0.5, 0.6) is 23.0 Å². The predicted molar refractivity (Wildman–Crippen MR) is 98.4 cm³/mol. The van der Waals surface area contributed by atoms with Crippen LogP contribution in [0.4, 0.5) is 0 Å². The molecule has 0 aliphatic carbocycles. The highest BCUT2D eigenvalue weighted by Gasteiger charge is 2.27. The second kappa shape index (κ2) is 8.80. The third kappa shape index (κ3) is 3.74. The molecule has 0 spiro atoms. The topological polar surface area (TPSA) is 63.2 Å². The molecule has 0 radical (unpaired) electrons. The third-order valence-corrected chi connectivity index (χ3v) is 3.77. The molecular weight excluding hydrogens is 336 g/mol. The van der Waals surface area contributed by atoms with Gasteiger partial charge in [0.25, 0.3) is 0 Å². The van der Waals surface area contributed by atoms with Crippen LogP contribution in [-0.4, -0.2) is 41.3 Å². The van der Waals surface area contributed by atoms with Gasteiger partial charge in [-0.3, -0.25) is 4.79 Å². The quantitative estimate of drug-likeness (QED) is 0.408. The number of hydrogen-bond donors (Lipinski definition) is 0. The normalized spacial score (nSPS) is 10.9. The summed E-state index contributed by atoms with van der Waals surface area (Å²) in [5, 5.41) is 0. The third-order valence-electron chi connectivity index (χ3n) is 3.77. The van der Waals surface area contributed by atoms with Crippen molar-refractivity contribution in [2.45, 2.75) is 0 Å². The van der Waals surface area contributed by atoms with E-state index in [2.05, 4.69) is 0 Å². The number of rotatable bonds is 8. The molecule has 0 bridgehead atoms. The van der Waals surface area contributed by atoms with Gasteiger partial charge >= 0.3 is 0 Å². The number of Topliss-reactive ketones (excluding diaryl/α,β-unsaturated/α-hetero) is 1. The summed E-state index contributed by atoms with van der Waals surface area (Å²) in [6, 6.07) is 10.9. The molecule has 2 aromatic carbocycles. The van der Waals surface area contributed by atoms with Crippen molar-refractivity contribution in [1.82, 2.24) is 0 Å². The van der Waals surface area contributed by atoms with Crippen LogP contribution in [0.3, 0.4) is 0 Å². The first-order chi connectivity index (χ1) is 12.6. The number of carbonyl (C=O) groups is 1. The number of benzene rings is 2. The minimum absolute atomic E-state index is 0.156. The molecule has 6 nitrogen and oxygen atoms in total. The van der Waals surface area contributed by atoms with Crippen molar-refractivity contribution in [3.05, 3.63) is 53.3 Å². The molecule has 0 unspecified atom stereocenters. The zero-order valence-electron chi connectivity index (χ0n) is 15.5. The van der Waals surface area contributed by atoms with Gasteiger partial charge in [0.05, 0.1) is 41.1 Å². The van der Waals surface area contributed by atoms with Crippen LogP contribution in [0.2, 0.25) is 0 Å². The molecule has 0 fully saturated rings. The second-order valence-electron chi connectivity index (χ2n) is 5.18. The smallest absolute Gasteiger partial charge is 0.231 e. The lowest BCUT2D eigenvalue weighted by Gasteiger charge is -2.18. The molecule has 0 amide bonds. The maximum Gasteiger partial charge on any atom is 0.231 e. The Hall–Kier alpha value is -3.15. The fraction of sp³-hybridized carbons (Fsp3) is 0.250. The summed E-state index contributed by atoms with van der Waals surface area (Å²) >= 11 is 0. The molecule has 2 aromatic rings. The van der Waals surface area contributed by atoms with Crippen LogP contribution < -0.4 is 18.9 Å². The standard InChI is InChI=1S/C20H22O6/c1-22-15(11-13-9-7-6-8-10-13)17(21)14-12-16(23-2)19(25-4)20(26-5)18(14)24-3/h6-12H,1-5H3. The highest BCUT2D eigenvalue weighted by Crippen LogP contribution is 2.47. The molecule has 6 heteroatoms. The molecule has 0 heterocycles. The molecule has 26 heavy (non-hydrogen) atoms. The predicted octanol–water partition coefficient (Wildman–Crippen LogP) is 3.59. The SMILES string of the molecule is COC(=Cc1ccccc1)C(=O)c1cc(OC)c(OC)c(OC)c1OC. The summed E-state index contributed by atoms with van der Waals surface area (Å²) in [5.74, 6) is 0.994. The molecular formula is C20H22O6. The van der Waals surface area contributed by atoms with Gasteiger partial charge in [-0.25, -0.2) is 0 Å². The van der Waals surface area contributed by atoms with E-state index in [9.17, 15) is 4.79 Å². The zero-order chi connectivity index (χ0) is 19.1. The van der Waals surface area contributed by atoms with E-state index < -0.39 is 0 Å². The van der Waals surface area contributed by atoms with Crippen LogP contribution in [0.15, 0.2) is 42.2 Å². The summed E-state index contributed by atoms with van der Waals surface area (Å²) in [6.45, 7) is 0. The average Bonchev–Trinajstić information content (AvgIpc) is 2.70. The first-order valence-corrected chi connectivity index (χ1v) is 7.83. The van der Waals surface area contributed by atoms with Crippen LogP contribution in [0.1, 0.15) is 15.9 Å².